The van der Waals surface area contributed by atoms with Crippen molar-refractivity contribution in [3.63, 3.8) is 0 Å². The Balaban J connectivity index is 1.57. The summed E-state index contributed by atoms with van der Waals surface area (Å²) >= 11 is 1.39. The fourth-order valence-electron chi connectivity index (χ4n) is 2.78. The monoisotopic (exact) mass is 396 g/mol. The van der Waals surface area contributed by atoms with Crippen molar-refractivity contribution in [3.8, 4) is 5.75 Å². The summed E-state index contributed by atoms with van der Waals surface area (Å²) in [6.07, 6.45) is 0.723. The van der Waals surface area contributed by atoms with Crippen molar-refractivity contribution in [2.45, 2.75) is 32.0 Å². The summed E-state index contributed by atoms with van der Waals surface area (Å²) in [6, 6.07) is 17.5. The zero-order valence-electron chi connectivity index (χ0n) is 16.1. The van der Waals surface area contributed by atoms with E-state index in [1.807, 2.05) is 49.4 Å². The maximum absolute atomic E-state index is 12.3. The van der Waals surface area contributed by atoms with E-state index in [1.165, 1.54) is 17.3 Å². The second-order valence-corrected chi connectivity index (χ2v) is 7.04. The summed E-state index contributed by atoms with van der Waals surface area (Å²) < 4.78 is 7.46. The van der Waals surface area contributed by atoms with Gasteiger partial charge in [-0.25, -0.2) is 0 Å². The number of nitrogens with zero attached hydrogens (tertiary/aromatic N) is 3. The molecule has 7 heteroatoms. The molecular formula is C21H24N4O2S. The number of carbonyl (C=O) groups is 1. The smallest absolute Gasteiger partial charge is 0.234 e. The standard InChI is InChI=1S/C21H24N4O2S/c1-3-25-19(14-16-8-6-5-7-9-16)23-24-21(25)28-15-20(26)22-17-10-12-18(13-11-17)27-4-2/h5-13H,3-4,14-15H2,1-2H3,(H,22,26). The molecule has 0 radical (unpaired) electrons. The number of anilines is 1. The number of hydrogen-bond donors (Lipinski definition) is 1. The Morgan fingerprint density at radius 1 is 1.07 bits per heavy atom. The van der Waals surface area contributed by atoms with Crippen LogP contribution in [0.2, 0.25) is 0 Å². The van der Waals surface area contributed by atoms with Gasteiger partial charge < -0.3 is 14.6 Å². The molecule has 0 aliphatic carbocycles. The highest BCUT2D eigenvalue weighted by Gasteiger charge is 2.13. The molecule has 0 unspecified atom stereocenters. The van der Waals surface area contributed by atoms with E-state index in [4.69, 9.17) is 4.74 Å². The van der Waals surface area contributed by atoms with Crippen LogP contribution in [-0.2, 0) is 17.8 Å². The van der Waals surface area contributed by atoms with Gasteiger partial charge in [-0.3, -0.25) is 4.79 Å². The summed E-state index contributed by atoms with van der Waals surface area (Å²) in [7, 11) is 0. The van der Waals surface area contributed by atoms with E-state index in [0.29, 0.717) is 6.61 Å². The van der Waals surface area contributed by atoms with Crippen LogP contribution in [0.5, 0.6) is 5.75 Å². The lowest BCUT2D eigenvalue weighted by Crippen LogP contribution is -2.14. The maximum Gasteiger partial charge on any atom is 0.234 e. The van der Waals surface area contributed by atoms with Crippen LogP contribution < -0.4 is 10.1 Å². The van der Waals surface area contributed by atoms with Gasteiger partial charge in [-0.2, -0.15) is 0 Å². The van der Waals surface area contributed by atoms with Crippen molar-refractivity contribution in [1.82, 2.24) is 14.8 Å². The Kier molecular flexibility index (Phi) is 7.08. The molecule has 1 amide bonds. The third-order valence-electron chi connectivity index (χ3n) is 4.10. The number of rotatable bonds is 9. The number of thioether (sulfide) groups is 1. The van der Waals surface area contributed by atoms with Gasteiger partial charge in [0, 0.05) is 18.7 Å². The number of amides is 1. The van der Waals surface area contributed by atoms with Gasteiger partial charge in [0.05, 0.1) is 12.4 Å². The fraction of sp³-hybridized carbons (Fsp3) is 0.286. The minimum absolute atomic E-state index is 0.0792. The third kappa shape index (κ3) is 5.36. The molecule has 3 rings (SSSR count). The molecule has 28 heavy (non-hydrogen) atoms. The largest absolute Gasteiger partial charge is 0.494 e. The highest BCUT2D eigenvalue weighted by molar-refractivity contribution is 7.99. The van der Waals surface area contributed by atoms with Gasteiger partial charge in [-0.05, 0) is 43.7 Å². The molecule has 0 spiro atoms. The van der Waals surface area contributed by atoms with Crippen molar-refractivity contribution < 1.29 is 9.53 Å². The molecule has 2 aromatic carbocycles. The lowest BCUT2D eigenvalue weighted by Gasteiger charge is -2.08. The summed E-state index contributed by atoms with van der Waals surface area (Å²) in [6.45, 7) is 5.37. The minimum Gasteiger partial charge on any atom is -0.494 e. The molecule has 1 aromatic heterocycles. The molecule has 0 fully saturated rings. The lowest BCUT2D eigenvalue weighted by molar-refractivity contribution is -0.113. The van der Waals surface area contributed by atoms with Crippen molar-refractivity contribution in [1.29, 1.82) is 0 Å². The molecule has 0 atom stereocenters. The van der Waals surface area contributed by atoms with Crippen LogP contribution in [0.4, 0.5) is 5.69 Å². The predicted octanol–water partition coefficient (Wildman–Crippen LogP) is 4.02. The normalized spacial score (nSPS) is 10.6. The summed E-state index contributed by atoms with van der Waals surface area (Å²) in [5.74, 6) is 1.89. The first-order valence-corrected chi connectivity index (χ1v) is 10.3. The number of benzene rings is 2. The quantitative estimate of drug-likeness (QED) is 0.553. The first-order chi connectivity index (χ1) is 13.7. The minimum atomic E-state index is -0.0792. The van der Waals surface area contributed by atoms with E-state index in [1.54, 1.807) is 0 Å². The zero-order valence-corrected chi connectivity index (χ0v) is 16.9. The van der Waals surface area contributed by atoms with Gasteiger partial charge in [0.2, 0.25) is 5.91 Å². The second kappa shape index (κ2) is 9.94. The Hall–Kier alpha value is -2.80. The molecular weight excluding hydrogens is 372 g/mol. The highest BCUT2D eigenvalue weighted by Crippen LogP contribution is 2.20. The summed E-state index contributed by atoms with van der Waals surface area (Å²) in [4.78, 5) is 12.3. The van der Waals surface area contributed by atoms with E-state index in [2.05, 4.69) is 39.1 Å². The van der Waals surface area contributed by atoms with Crippen LogP contribution >= 0.6 is 11.8 Å². The fourth-order valence-corrected chi connectivity index (χ4v) is 3.60. The maximum atomic E-state index is 12.3. The molecule has 6 nitrogen and oxygen atoms in total. The zero-order chi connectivity index (χ0) is 19.8. The topological polar surface area (TPSA) is 69.0 Å². The van der Waals surface area contributed by atoms with Crippen LogP contribution in [0.25, 0.3) is 0 Å². The molecule has 0 bridgehead atoms. The van der Waals surface area contributed by atoms with Gasteiger partial charge in [0.15, 0.2) is 5.16 Å². The molecule has 1 heterocycles. The van der Waals surface area contributed by atoms with Gasteiger partial charge in [-0.15, -0.1) is 10.2 Å². The molecule has 146 valence electrons. The number of aromatic nitrogens is 3. The van der Waals surface area contributed by atoms with Crippen molar-refractivity contribution >= 4 is 23.4 Å². The Morgan fingerprint density at radius 3 is 2.50 bits per heavy atom. The number of nitrogens with one attached hydrogen (secondary N) is 1. The van der Waals surface area contributed by atoms with E-state index in [9.17, 15) is 4.79 Å². The van der Waals surface area contributed by atoms with Gasteiger partial charge >= 0.3 is 0 Å². The van der Waals surface area contributed by atoms with Crippen LogP contribution in [0.3, 0.4) is 0 Å². The van der Waals surface area contributed by atoms with Crippen LogP contribution in [-0.4, -0.2) is 33.0 Å². The first kappa shape index (κ1) is 19.9. The summed E-state index contributed by atoms with van der Waals surface area (Å²) in [5, 5.41) is 12.2. The average molecular weight is 397 g/mol. The third-order valence-corrected chi connectivity index (χ3v) is 5.06. The SMILES string of the molecule is CCOc1ccc(NC(=O)CSc2nnc(Cc3ccccc3)n2CC)cc1. The highest BCUT2D eigenvalue weighted by atomic mass is 32.2. The van der Waals surface area contributed by atoms with E-state index < -0.39 is 0 Å². The molecule has 0 saturated heterocycles. The van der Waals surface area contributed by atoms with Crippen molar-refractivity contribution in [3.05, 3.63) is 66.0 Å². The second-order valence-electron chi connectivity index (χ2n) is 6.10. The summed E-state index contributed by atoms with van der Waals surface area (Å²) in [5.41, 5.74) is 1.94. The number of carbonyl (C=O) groups excluding carboxylic acids is 1. The van der Waals surface area contributed by atoms with Crippen molar-refractivity contribution in [2.75, 3.05) is 17.7 Å². The van der Waals surface area contributed by atoms with Crippen LogP contribution in [0.15, 0.2) is 59.8 Å². The van der Waals surface area contributed by atoms with Crippen LogP contribution in [0.1, 0.15) is 25.2 Å². The van der Waals surface area contributed by atoms with Gasteiger partial charge in [0.1, 0.15) is 11.6 Å². The van der Waals surface area contributed by atoms with Crippen LogP contribution in [0, 0.1) is 0 Å². The van der Waals surface area contributed by atoms with Gasteiger partial charge in [0.25, 0.3) is 0 Å². The van der Waals surface area contributed by atoms with Gasteiger partial charge in [-0.1, -0.05) is 42.1 Å². The lowest BCUT2D eigenvalue weighted by atomic mass is 10.1. The predicted molar refractivity (Wildman–Crippen MR) is 112 cm³/mol. The molecule has 0 aliphatic rings. The molecule has 1 N–H and O–H groups in total. The van der Waals surface area contributed by atoms with E-state index in [-0.39, 0.29) is 11.7 Å². The number of hydrogen-bond acceptors (Lipinski definition) is 5. The Bertz CT molecular complexity index is 895. The Labute approximate surface area is 169 Å². The average Bonchev–Trinajstić information content (AvgIpc) is 3.10. The Morgan fingerprint density at radius 2 is 1.82 bits per heavy atom. The molecule has 3 aromatic rings. The number of ether oxygens (including phenoxy) is 1. The van der Waals surface area contributed by atoms with Crippen molar-refractivity contribution in [2.24, 2.45) is 0 Å². The molecule has 0 aliphatic heterocycles. The van der Waals surface area contributed by atoms with E-state index >= 15 is 0 Å². The first-order valence-electron chi connectivity index (χ1n) is 9.31. The molecule has 0 saturated carbocycles. The van der Waals surface area contributed by atoms with E-state index in [0.717, 1.165) is 35.4 Å².